The van der Waals surface area contributed by atoms with E-state index in [1.165, 1.54) is 38.3 Å². The molecule has 2 heterocycles. The van der Waals surface area contributed by atoms with Crippen LogP contribution in [0.2, 0.25) is 0 Å². The molecule has 26 heavy (non-hydrogen) atoms. The summed E-state index contributed by atoms with van der Waals surface area (Å²) in [6.07, 6.45) is 10.9. The van der Waals surface area contributed by atoms with Gasteiger partial charge in [-0.25, -0.2) is 4.79 Å². The van der Waals surface area contributed by atoms with Crippen molar-refractivity contribution in [2.45, 2.75) is 64.3 Å². The van der Waals surface area contributed by atoms with Crippen LogP contribution in [-0.4, -0.2) is 44.8 Å². The second-order valence-electron chi connectivity index (χ2n) is 8.35. The van der Waals surface area contributed by atoms with Crippen molar-refractivity contribution >= 4 is 11.9 Å². The van der Waals surface area contributed by atoms with Crippen molar-refractivity contribution in [3.05, 3.63) is 17.5 Å². The third-order valence-electron chi connectivity index (χ3n) is 6.81. The average Bonchev–Trinajstić information content (AvgIpc) is 3.37. The lowest BCUT2D eigenvalue weighted by Crippen LogP contribution is -2.40. The van der Waals surface area contributed by atoms with Crippen molar-refractivity contribution in [2.75, 3.05) is 13.1 Å². The molecule has 0 radical (unpaired) electrons. The molecule has 0 spiro atoms. The van der Waals surface area contributed by atoms with E-state index in [0.717, 1.165) is 38.3 Å². The highest BCUT2D eigenvalue weighted by Gasteiger charge is 2.49. The molecule has 0 bridgehead atoms. The van der Waals surface area contributed by atoms with Gasteiger partial charge in [-0.3, -0.25) is 9.48 Å². The van der Waals surface area contributed by atoms with Crippen LogP contribution in [0.4, 0.5) is 0 Å². The van der Waals surface area contributed by atoms with Gasteiger partial charge in [0.25, 0.3) is 0 Å². The fourth-order valence-electron chi connectivity index (χ4n) is 5.15. The van der Waals surface area contributed by atoms with Gasteiger partial charge in [0, 0.05) is 19.0 Å². The van der Waals surface area contributed by atoms with Crippen LogP contribution in [0, 0.1) is 24.7 Å². The number of piperidine rings is 1. The van der Waals surface area contributed by atoms with Crippen LogP contribution < -0.4 is 0 Å². The van der Waals surface area contributed by atoms with Gasteiger partial charge in [0.2, 0.25) is 5.91 Å². The van der Waals surface area contributed by atoms with Gasteiger partial charge in [0.05, 0.1) is 17.9 Å². The van der Waals surface area contributed by atoms with E-state index >= 15 is 0 Å². The second-order valence-corrected chi connectivity index (χ2v) is 8.35. The van der Waals surface area contributed by atoms with Gasteiger partial charge in [-0.15, -0.1) is 0 Å². The minimum Gasteiger partial charge on any atom is -0.478 e. The monoisotopic (exact) mass is 359 g/mol. The second kappa shape index (κ2) is 7.05. The maximum atomic E-state index is 12.8. The Morgan fingerprint density at radius 3 is 2.42 bits per heavy atom. The smallest absolute Gasteiger partial charge is 0.339 e. The zero-order valence-electron chi connectivity index (χ0n) is 15.6. The molecule has 1 N–H and O–H groups in total. The van der Waals surface area contributed by atoms with E-state index in [9.17, 15) is 14.7 Å². The molecule has 2 atom stereocenters. The number of amides is 1. The van der Waals surface area contributed by atoms with Crippen molar-refractivity contribution in [1.82, 2.24) is 14.7 Å². The fraction of sp³-hybridized carbons (Fsp3) is 0.750. The average molecular weight is 359 g/mol. The predicted octanol–water partition coefficient (Wildman–Crippen LogP) is 3.27. The van der Waals surface area contributed by atoms with Gasteiger partial charge in [-0.2, -0.15) is 5.10 Å². The number of carboxylic acid groups (broad SMARTS) is 1. The van der Waals surface area contributed by atoms with Crippen LogP contribution in [0.15, 0.2) is 6.20 Å². The third-order valence-corrected chi connectivity index (χ3v) is 6.81. The first kappa shape index (κ1) is 17.6. The van der Waals surface area contributed by atoms with E-state index in [4.69, 9.17) is 0 Å². The highest BCUT2D eigenvalue weighted by atomic mass is 16.4. The van der Waals surface area contributed by atoms with E-state index in [-0.39, 0.29) is 17.5 Å². The Morgan fingerprint density at radius 2 is 1.81 bits per heavy atom. The number of hydrogen-bond acceptors (Lipinski definition) is 3. The van der Waals surface area contributed by atoms with Gasteiger partial charge in [0.1, 0.15) is 5.56 Å². The SMILES string of the molecule is Cc1c(C(=O)O)cnn1C1CCN(C(=O)C2CC2C2CCCCC2)CC1. The fourth-order valence-corrected chi connectivity index (χ4v) is 5.15. The molecule has 0 aromatic carbocycles. The summed E-state index contributed by atoms with van der Waals surface area (Å²) in [5.74, 6) is 1.15. The molecule has 2 unspecified atom stereocenters. The van der Waals surface area contributed by atoms with E-state index in [2.05, 4.69) is 5.10 Å². The summed E-state index contributed by atoms with van der Waals surface area (Å²) in [6, 6.07) is 0.195. The van der Waals surface area contributed by atoms with Gasteiger partial charge in [-0.1, -0.05) is 32.1 Å². The molecule has 3 aliphatic rings. The number of carboxylic acids is 1. The first-order valence-electron chi connectivity index (χ1n) is 10.1. The number of nitrogens with zero attached hydrogens (tertiary/aromatic N) is 3. The zero-order valence-corrected chi connectivity index (χ0v) is 15.6. The Bertz CT molecular complexity index is 684. The van der Waals surface area contributed by atoms with Crippen molar-refractivity contribution < 1.29 is 14.7 Å². The Morgan fingerprint density at radius 1 is 1.12 bits per heavy atom. The molecule has 6 heteroatoms. The lowest BCUT2D eigenvalue weighted by Gasteiger charge is -2.33. The van der Waals surface area contributed by atoms with Gasteiger partial charge >= 0.3 is 5.97 Å². The molecule has 1 aromatic heterocycles. The van der Waals surface area contributed by atoms with E-state index in [1.54, 1.807) is 0 Å². The molecular weight excluding hydrogens is 330 g/mol. The number of carbonyl (C=O) groups is 2. The molecular formula is C20H29N3O3. The van der Waals surface area contributed by atoms with Crippen LogP contribution in [-0.2, 0) is 4.79 Å². The summed E-state index contributed by atoms with van der Waals surface area (Å²) in [6.45, 7) is 3.34. The van der Waals surface area contributed by atoms with Crippen LogP contribution in [0.25, 0.3) is 0 Å². The minimum absolute atomic E-state index is 0.195. The molecule has 2 aliphatic carbocycles. The highest BCUT2D eigenvalue weighted by molar-refractivity contribution is 5.88. The molecule has 1 aromatic rings. The van der Waals surface area contributed by atoms with E-state index < -0.39 is 5.97 Å². The topological polar surface area (TPSA) is 75.4 Å². The molecule has 1 saturated heterocycles. The number of likely N-dealkylation sites (tertiary alicyclic amines) is 1. The van der Waals surface area contributed by atoms with Crippen LogP contribution in [0.5, 0.6) is 0 Å². The molecule has 2 saturated carbocycles. The minimum atomic E-state index is -0.927. The molecule has 3 fully saturated rings. The highest BCUT2D eigenvalue weighted by Crippen LogP contribution is 2.50. The summed E-state index contributed by atoms with van der Waals surface area (Å²) in [5, 5.41) is 13.5. The van der Waals surface area contributed by atoms with Crippen molar-refractivity contribution in [3.8, 4) is 0 Å². The van der Waals surface area contributed by atoms with E-state index in [0.29, 0.717) is 17.5 Å². The van der Waals surface area contributed by atoms with Crippen LogP contribution in [0.1, 0.15) is 73.5 Å². The van der Waals surface area contributed by atoms with Crippen molar-refractivity contribution in [3.63, 3.8) is 0 Å². The molecule has 1 aliphatic heterocycles. The number of aromatic nitrogens is 2. The number of rotatable bonds is 4. The molecule has 4 rings (SSSR count). The lowest BCUT2D eigenvalue weighted by molar-refractivity contribution is -0.134. The number of carbonyl (C=O) groups excluding carboxylic acids is 1. The molecule has 1 amide bonds. The Labute approximate surface area is 154 Å². The summed E-state index contributed by atoms with van der Waals surface area (Å²) >= 11 is 0. The Hall–Kier alpha value is -1.85. The van der Waals surface area contributed by atoms with Crippen molar-refractivity contribution in [2.24, 2.45) is 17.8 Å². The van der Waals surface area contributed by atoms with E-state index in [1.807, 2.05) is 16.5 Å². The maximum absolute atomic E-state index is 12.8. The van der Waals surface area contributed by atoms with Gasteiger partial charge in [0.15, 0.2) is 0 Å². The summed E-state index contributed by atoms with van der Waals surface area (Å²) < 4.78 is 1.84. The first-order valence-corrected chi connectivity index (χ1v) is 10.1. The molecule has 142 valence electrons. The van der Waals surface area contributed by atoms with Crippen LogP contribution in [0.3, 0.4) is 0 Å². The third kappa shape index (κ3) is 3.26. The summed E-state index contributed by atoms with van der Waals surface area (Å²) in [4.78, 5) is 26.1. The first-order chi connectivity index (χ1) is 12.6. The molecule has 6 nitrogen and oxygen atoms in total. The standard InChI is InChI=1S/C20H29N3O3/c1-13-18(20(25)26)12-21-23(13)15-7-9-22(10-8-15)19(24)17-11-16(17)14-5-3-2-4-6-14/h12,14-17H,2-11H2,1H3,(H,25,26). The lowest BCUT2D eigenvalue weighted by atomic mass is 9.85. The van der Waals surface area contributed by atoms with Crippen LogP contribution >= 0.6 is 0 Å². The Balaban J connectivity index is 1.31. The quantitative estimate of drug-likeness (QED) is 0.895. The Kier molecular flexibility index (Phi) is 4.76. The number of aromatic carboxylic acids is 1. The maximum Gasteiger partial charge on any atom is 0.339 e. The van der Waals surface area contributed by atoms with Crippen molar-refractivity contribution in [1.29, 1.82) is 0 Å². The summed E-state index contributed by atoms with van der Waals surface area (Å²) in [5.41, 5.74) is 0.985. The zero-order chi connectivity index (χ0) is 18.3. The normalized spacial score (nSPS) is 27.5. The van der Waals surface area contributed by atoms with Gasteiger partial charge < -0.3 is 10.0 Å². The predicted molar refractivity (Wildman–Crippen MR) is 96.9 cm³/mol. The largest absolute Gasteiger partial charge is 0.478 e. The van der Waals surface area contributed by atoms with Gasteiger partial charge in [-0.05, 0) is 38.0 Å². The summed E-state index contributed by atoms with van der Waals surface area (Å²) in [7, 11) is 0. The number of hydrogen-bond donors (Lipinski definition) is 1.